The maximum absolute atomic E-state index is 12.8. The molecular formula is C9H11ClFNO. The zero-order chi connectivity index (χ0) is 10.1. The maximum atomic E-state index is 12.8. The Balaban J connectivity index is 3.20. The fourth-order valence-electron chi connectivity index (χ4n) is 1.02. The van der Waals surface area contributed by atoms with Gasteiger partial charge in [-0.2, -0.15) is 0 Å². The molecule has 0 aliphatic heterocycles. The number of nitrogens with two attached hydrogens (primary N) is 1. The van der Waals surface area contributed by atoms with Gasteiger partial charge in [0, 0.05) is 17.1 Å². The molecular weight excluding hydrogens is 193 g/mol. The van der Waals surface area contributed by atoms with E-state index >= 15 is 0 Å². The van der Waals surface area contributed by atoms with Gasteiger partial charge in [-0.25, -0.2) is 4.39 Å². The lowest BCUT2D eigenvalue weighted by atomic mass is 9.96. The molecule has 4 heteroatoms. The highest BCUT2D eigenvalue weighted by atomic mass is 35.5. The van der Waals surface area contributed by atoms with Crippen LogP contribution in [-0.4, -0.2) is 11.7 Å². The van der Waals surface area contributed by atoms with Gasteiger partial charge in [-0.05, 0) is 25.1 Å². The predicted octanol–water partition coefficient (Wildman–Crippen LogP) is 1.65. The van der Waals surface area contributed by atoms with Crippen LogP contribution in [0.5, 0.6) is 0 Å². The van der Waals surface area contributed by atoms with Gasteiger partial charge >= 0.3 is 0 Å². The molecule has 0 saturated carbocycles. The molecule has 0 fully saturated rings. The lowest BCUT2D eigenvalue weighted by molar-refractivity contribution is 0.0666. The summed E-state index contributed by atoms with van der Waals surface area (Å²) in [7, 11) is 0. The van der Waals surface area contributed by atoms with Crippen LogP contribution in [0.3, 0.4) is 0 Å². The van der Waals surface area contributed by atoms with E-state index in [0.717, 1.165) is 0 Å². The van der Waals surface area contributed by atoms with E-state index in [1.54, 1.807) is 0 Å². The Kier molecular flexibility index (Phi) is 2.91. The first-order valence-corrected chi connectivity index (χ1v) is 4.23. The minimum Gasteiger partial charge on any atom is -0.384 e. The van der Waals surface area contributed by atoms with E-state index in [-0.39, 0.29) is 6.54 Å². The highest BCUT2D eigenvalue weighted by Gasteiger charge is 2.24. The lowest BCUT2D eigenvalue weighted by Gasteiger charge is -2.22. The van der Waals surface area contributed by atoms with Crippen molar-refractivity contribution in [3.8, 4) is 0 Å². The first kappa shape index (κ1) is 10.4. The Morgan fingerprint density at radius 2 is 2.23 bits per heavy atom. The summed E-state index contributed by atoms with van der Waals surface area (Å²) in [5, 5.41) is 10.0. The zero-order valence-corrected chi connectivity index (χ0v) is 7.98. The Labute approximate surface area is 81.1 Å². The second-order valence-corrected chi connectivity index (χ2v) is 3.51. The fourth-order valence-corrected chi connectivity index (χ4v) is 1.34. The largest absolute Gasteiger partial charge is 0.384 e. The number of aliphatic hydroxyl groups is 1. The van der Waals surface area contributed by atoms with Crippen LogP contribution < -0.4 is 5.73 Å². The van der Waals surface area contributed by atoms with Crippen LogP contribution in [0.1, 0.15) is 12.5 Å². The fraction of sp³-hybridized carbons (Fsp3) is 0.333. The molecule has 1 unspecified atom stereocenters. The van der Waals surface area contributed by atoms with Gasteiger partial charge in [0.25, 0.3) is 0 Å². The summed E-state index contributed by atoms with van der Waals surface area (Å²) in [6.45, 7) is 1.49. The van der Waals surface area contributed by atoms with Gasteiger partial charge in [0.05, 0.1) is 0 Å². The number of hydrogen-bond donors (Lipinski definition) is 2. The zero-order valence-electron chi connectivity index (χ0n) is 7.22. The van der Waals surface area contributed by atoms with E-state index in [0.29, 0.717) is 10.6 Å². The molecule has 1 atom stereocenters. The number of benzene rings is 1. The van der Waals surface area contributed by atoms with E-state index in [1.807, 2.05) is 0 Å². The van der Waals surface area contributed by atoms with Crippen LogP contribution in [0.2, 0.25) is 5.02 Å². The average Bonchev–Trinajstić information content (AvgIpc) is 2.09. The van der Waals surface area contributed by atoms with Crippen LogP contribution in [0.15, 0.2) is 18.2 Å². The van der Waals surface area contributed by atoms with Crippen LogP contribution in [0, 0.1) is 5.82 Å². The predicted molar refractivity (Wildman–Crippen MR) is 50.0 cm³/mol. The van der Waals surface area contributed by atoms with Gasteiger partial charge in [-0.1, -0.05) is 11.6 Å². The summed E-state index contributed by atoms with van der Waals surface area (Å²) >= 11 is 5.78. The molecule has 0 heterocycles. The third-order valence-corrected chi connectivity index (χ3v) is 2.24. The van der Waals surface area contributed by atoms with Crippen LogP contribution >= 0.6 is 11.6 Å². The highest BCUT2D eigenvalue weighted by molar-refractivity contribution is 6.31. The molecule has 0 aliphatic carbocycles. The molecule has 0 bridgehead atoms. The second kappa shape index (κ2) is 3.62. The second-order valence-electron chi connectivity index (χ2n) is 3.10. The molecule has 0 amide bonds. The van der Waals surface area contributed by atoms with Crippen molar-refractivity contribution < 1.29 is 9.50 Å². The van der Waals surface area contributed by atoms with E-state index in [9.17, 15) is 9.50 Å². The SMILES string of the molecule is CC(O)(CN)c1cc(F)ccc1Cl. The topological polar surface area (TPSA) is 46.2 Å². The molecule has 0 saturated heterocycles. The van der Waals surface area contributed by atoms with Crippen molar-refractivity contribution in [2.45, 2.75) is 12.5 Å². The van der Waals surface area contributed by atoms with Crippen molar-refractivity contribution in [3.05, 3.63) is 34.6 Å². The summed E-state index contributed by atoms with van der Waals surface area (Å²) in [5.41, 5.74) is 4.36. The van der Waals surface area contributed by atoms with E-state index < -0.39 is 11.4 Å². The Hall–Kier alpha value is -0.640. The van der Waals surface area contributed by atoms with Gasteiger partial charge in [-0.3, -0.25) is 0 Å². The molecule has 1 aromatic carbocycles. The average molecular weight is 204 g/mol. The standard InChI is InChI=1S/C9H11ClFNO/c1-9(13,5-12)7-4-6(11)2-3-8(7)10/h2-4,13H,5,12H2,1H3. The molecule has 3 N–H and O–H groups in total. The van der Waals surface area contributed by atoms with E-state index in [1.165, 1.54) is 25.1 Å². The van der Waals surface area contributed by atoms with Gasteiger partial charge < -0.3 is 10.8 Å². The van der Waals surface area contributed by atoms with Crippen molar-refractivity contribution in [3.63, 3.8) is 0 Å². The smallest absolute Gasteiger partial charge is 0.123 e. The monoisotopic (exact) mass is 203 g/mol. The quantitative estimate of drug-likeness (QED) is 0.768. The van der Waals surface area contributed by atoms with Crippen molar-refractivity contribution in [2.75, 3.05) is 6.54 Å². The van der Waals surface area contributed by atoms with Crippen molar-refractivity contribution in [1.29, 1.82) is 0 Å². The highest BCUT2D eigenvalue weighted by Crippen LogP contribution is 2.27. The molecule has 1 rings (SSSR count). The maximum Gasteiger partial charge on any atom is 0.123 e. The van der Waals surface area contributed by atoms with E-state index in [4.69, 9.17) is 17.3 Å². The summed E-state index contributed by atoms with van der Waals surface area (Å²) in [6, 6.07) is 3.82. The van der Waals surface area contributed by atoms with Gasteiger partial charge in [0.1, 0.15) is 11.4 Å². The van der Waals surface area contributed by atoms with Crippen molar-refractivity contribution in [2.24, 2.45) is 5.73 Å². The van der Waals surface area contributed by atoms with Gasteiger partial charge in [0.15, 0.2) is 0 Å². The number of hydrogen-bond acceptors (Lipinski definition) is 2. The third-order valence-electron chi connectivity index (χ3n) is 1.91. The molecule has 13 heavy (non-hydrogen) atoms. The Morgan fingerprint density at radius 1 is 1.62 bits per heavy atom. The Bertz CT molecular complexity index is 314. The minimum absolute atomic E-state index is 0.00380. The third kappa shape index (κ3) is 2.18. The normalized spacial score (nSPS) is 15.5. The Morgan fingerprint density at radius 3 is 2.77 bits per heavy atom. The van der Waals surface area contributed by atoms with Gasteiger partial charge in [-0.15, -0.1) is 0 Å². The molecule has 72 valence electrons. The summed E-state index contributed by atoms with van der Waals surface area (Å²) < 4.78 is 12.8. The van der Waals surface area contributed by atoms with E-state index in [2.05, 4.69) is 0 Å². The number of halogens is 2. The molecule has 2 nitrogen and oxygen atoms in total. The summed E-state index contributed by atoms with van der Waals surface area (Å²) in [5.74, 6) is -0.437. The molecule has 0 aromatic heterocycles. The first-order valence-electron chi connectivity index (χ1n) is 3.85. The lowest BCUT2D eigenvalue weighted by Crippen LogP contribution is -2.31. The minimum atomic E-state index is -1.28. The summed E-state index contributed by atoms with van der Waals surface area (Å²) in [4.78, 5) is 0. The number of rotatable bonds is 2. The summed E-state index contributed by atoms with van der Waals surface area (Å²) in [6.07, 6.45) is 0. The van der Waals surface area contributed by atoms with Gasteiger partial charge in [0.2, 0.25) is 0 Å². The first-order chi connectivity index (χ1) is 5.97. The van der Waals surface area contributed by atoms with Crippen LogP contribution in [-0.2, 0) is 5.60 Å². The molecule has 0 radical (unpaired) electrons. The van der Waals surface area contributed by atoms with Crippen molar-refractivity contribution in [1.82, 2.24) is 0 Å². The molecule has 0 spiro atoms. The van der Waals surface area contributed by atoms with Crippen LogP contribution in [0.4, 0.5) is 4.39 Å². The van der Waals surface area contributed by atoms with Crippen LogP contribution in [0.25, 0.3) is 0 Å². The molecule has 1 aromatic rings. The molecule has 0 aliphatic rings. The van der Waals surface area contributed by atoms with Crippen molar-refractivity contribution >= 4 is 11.6 Å².